The van der Waals surface area contributed by atoms with Gasteiger partial charge in [-0.05, 0) is 30.5 Å². The molecule has 6 heteroatoms. The minimum Gasteiger partial charge on any atom is -0.468 e. The Morgan fingerprint density at radius 1 is 1.21 bits per heavy atom. The summed E-state index contributed by atoms with van der Waals surface area (Å²) in [6, 6.07) is 6.19. The van der Waals surface area contributed by atoms with Crippen molar-refractivity contribution in [2.75, 3.05) is 7.11 Å². The van der Waals surface area contributed by atoms with Crippen LogP contribution in [-0.2, 0) is 25.0 Å². The number of carbonyl (C=O) groups excluding carboxylic acids is 1. The molecule has 1 saturated carbocycles. The molecule has 1 aromatic carbocycles. The van der Waals surface area contributed by atoms with E-state index in [1.807, 2.05) is 0 Å². The first-order valence-corrected chi connectivity index (χ1v) is 7.66. The van der Waals surface area contributed by atoms with Crippen molar-refractivity contribution >= 4 is 16.0 Å². The number of carbonyl (C=O) groups is 1. The monoisotopic (exact) mass is 283 g/mol. The molecule has 2 N–H and O–H groups in total. The van der Waals surface area contributed by atoms with Crippen molar-refractivity contribution in [3.63, 3.8) is 0 Å². The van der Waals surface area contributed by atoms with Crippen molar-refractivity contribution in [2.45, 2.75) is 36.0 Å². The van der Waals surface area contributed by atoms with Crippen molar-refractivity contribution in [2.24, 2.45) is 5.14 Å². The van der Waals surface area contributed by atoms with E-state index in [4.69, 9.17) is 9.88 Å². The molecule has 0 amide bonds. The highest BCUT2D eigenvalue weighted by Crippen LogP contribution is 2.42. The summed E-state index contributed by atoms with van der Waals surface area (Å²) < 4.78 is 27.4. The molecule has 5 nitrogen and oxygen atoms in total. The van der Waals surface area contributed by atoms with Gasteiger partial charge in [-0.2, -0.15) is 0 Å². The second-order valence-electron chi connectivity index (χ2n) is 4.85. The van der Waals surface area contributed by atoms with Gasteiger partial charge >= 0.3 is 5.97 Å². The van der Waals surface area contributed by atoms with E-state index in [2.05, 4.69) is 0 Å². The molecule has 1 fully saturated rings. The third-order valence-electron chi connectivity index (χ3n) is 3.77. The van der Waals surface area contributed by atoms with E-state index < -0.39 is 15.4 Å². The van der Waals surface area contributed by atoms with Gasteiger partial charge in [0.25, 0.3) is 0 Å². The van der Waals surface area contributed by atoms with E-state index in [1.165, 1.54) is 19.2 Å². The lowest BCUT2D eigenvalue weighted by Crippen LogP contribution is -2.34. The average Bonchev–Trinajstić information content (AvgIpc) is 2.87. The van der Waals surface area contributed by atoms with Gasteiger partial charge in [0, 0.05) is 0 Å². The van der Waals surface area contributed by atoms with E-state index in [1.54, 1.807) is 12.1 Å². The Morgan fingerprint density at radius 2 is 1.74 bits per heavy atom. The molecule has 0 aromatic heterocycles. The fourth-order valence-corrected chi connectivity index (χ4v) is 3.26. The standard InChI is InChI=1S/C13H17NO4S/c1-18-12(15)13(8-2-3-9-13)10-4-6-11(7-5-10)19(14,16)17/h4-7H,2-3,8-9H2,1H3,(H2,14,16,17). The van der Waals surface area contributed by atoms with Crippen LogP contribution in [-0.4, -0.2) is 21.5 Å². The highest BCUT2D eigenvalue weighted by molar-refractivity contribution is 7.89. The number of methoxy groups -OCH3 is 1. The summed E-state index contributed by atoms with van der Waals surface area (Å²) in [6.07, 6.45) is 3.39. The molecule has 0 atom stereocenters. The Bertz CT molecular complexity index is 571. The summed E-state index contributed by atoms with van der Waals surface area (Å²) in [5, 5.41) is 5.06. The van der Waals surface area contributed by atoms with E-state index in [0.29, 0.717) is 0 Å². The molecule has 0 aliphatic heterocycles. The predicted octanol–water partition coefficient (Wildman–Crippen LogP) is 1.32. The summed E-state index contributed by atoms with van der Waals surface area (Å²) >= 11 is 0. The fourth-order valence-electron chi connectivity index (χ4n) is 2.75. The number of rotatable bonds is 3. The molecule has 0 radical (unpaired) electrons. The van der Waals surface area contributed by atoms with Gasteiger partial charge in [0.2, 0.25) is 10.0 Å². The number of sulfonamides is 1. The van der Waals surface area contributed by atoms with E-state index >= 15 is 0 Å². The van der Waals surface area contributed by atoms with Crippen LogP contribution in [0.3, 0.4) is 0 Å². The molecule has 1 aliphatic rings. The topological polar surface area (TPSA) is 86.5 Å². The molecule has 104 valence electrons. The molecule has 0 bridgehead atoms. The third kappa shape index (κ3) is 2.50. The van der Waals surface area contributed by atoms with Crippen molar-refractivity contribution in [1.29, 1.82) is 0 Å². The molecule has 0 spiro atoms. The first kappa shape index (κ1) is 14.0. The zero-order valence-electron chi connectivity index (χ0n) is 10.8. The van der Waals surface area contributed by atoms with Crippen LogP contribution < -0.4 is 5.14 Å². The number of nitrogens with two attached hydrogens (primary N) is 1. The lowest BCUT2D eigenvalue weighted by Gasteiger charge is -2.26. The van der Waals surface area contributed by atoms with Crippen LogP contribution in [0, 0.1) is 0 Å². The quantitative estimate of drug-likeness (QED) is 0.848. The first-order valence-electron chi connectivity index (χ1n) is 6.12. The molecule has 1 aromatic rings. The maximum atomic E-state index is 12.1. The lowest BCUT2D eigenvalue weighted by atomic mass is 9.79. The van der Waals surface area contributed by atoms with Crippen molar-refractivity contribution in [3.8, 4) is 0 Å². The highest BCUT2D eigenvalue weighted by Gasteiger charge is 2.43. The zero-order valence-corrected chi connectivity index (χ0v) is 11.6. The maximum absolute atomic E-state index is 12.1. The fraction of sp³-hybridized carbons (Fsp3) is 0.462. The smallest absolute Gasteiger partial charge is 0.316 e. The Kier molecular flexibility index (Phi) is 3.64. The number of hydrogen-bond acceptors (Lipinski definition) is 4. The third-order valence-corrected chi connectivity index (χ3v) is 4.70. The van der Waals surface area contributed by atoms with Crippen LogP contribution in [0.15, 0.2) is 29.2 Å². The van der Waals surface area contributed by atoms with Crippen LogP contribution in [0.1, 0.15) is 31.2 Å². The summed E-state index contributed by atoms with van der Waals surface area (Å²) in [7, 11) is -2.33. The van der Waals surface area contributed by atoms with Gasteiger partial charge in [0.1, 0.15) is 0 Å². The van der Waals surface area contributed by atoms with Gasteiger partial charge in [0.15, 0.2) is 0 Å². The Labute approximate surface area is 112 Å². The minimum absolute atomic E-state index is 0.0502. The average molecular weight is 283 g/mol. The van der Waals surface area contributed by atoms with Gasteiger partial charge in [-0.1, -0.05) is 25.0 Å². The van der Waals surface area contributed by atoms with Crippen molar-refractivity contribution < 1.29 is 17.9 Å². The number of ether oxygens (including phenoxy) is 1. The highest BCUT2D eigenvalue weighted by atomic mass is 32.2. The summed E-state index contributed by atoms with van der Waals surface area (Å²) in [4.78, 5) is 12.1. The predicted molar refractivity (Wildman–Crippen MR) is 70.0 cm³/mol. The Morgan fingerprint density at radius 3 is 2.16 bits per heavy atom. The molecule has 0 saturated heterocycles. The SMILES string of the molecule is COC(=O)C1(c2ccc(S(N)(=O)=O)cc2)CCCC1. The number of hydrogen-bond donors (Lipinski definition) is 1. The van der Waals surface area contributed by atoms with Gasteiger partial charge < -0.3 is 4.74 Å². The molecule has 0 heterocycles. The van der Waals surface area contributed by atoms with Gasteiger partial charge in [-0.3, -0.25) is 4.79 Å². The van der Waals surface area contributed by atoms with E-state index in [9.17, 15) is 13.2 Å². The number of primary sulfonamides is 1. The van der Waals surface area contributed by atoms with Crippen LogP contribution in [0.25, 0.3) is 0 Å². The van der Waals surface area contributed by atoms with E-state index in [-0.39, 0.29) is 10.9 Å². The second-order valence-corrected chi connectivity index (χ2v) is 6.41. The number of esters is 1. The maximum Gasteiger partial charge on any atom is 0.316 e. The molecular formula is C13H17NO4S. The summed E-state index contributed by atoms with van der Waals surface area (Å²) in [6.45, 7) is 0. The van der Waals surface area contributed by atoms with Gasteiger partial charge in [0.05, 0.1) is 17.4 Å². The van der Waals surface area contributed by atoms with Crippen LogP contribution in [0.4, 0.5) is 0 Å². The lowest BCUT2D eigenvalue weighted by molar-refractivity contribution is -0.147. The van der Waals surface area contributed by atoms with Gasteiger partial charge in [-0.15, -0.1) is 0 Å². The summed E-state index contributed by atoms with van der Waals surface area (Å²) in [5.41, 5.74) is 0.162. The minimum atomic E-state index is -3.70. The van der Waals surface area contributed by atoms with Gasteiger partial charge in [-0.25, -0.2) is 13.6 Å². The summed E-state index contributed by atoms with van der Waals surface area (Å²) in [5.74, 6) is -0.256. The molecule has 19 heavy (non-hydrogen) atoms. The van der Waals surface area contributed by atoms with Crippen molar-refractivity contribution in [3.05, 3.63) is 29.8 Å². The first-order chi connectivity index (χ1) is 8.90. The molecule has 2 rings (SSSR count). The number of benzene rings is 1. The van der Waals surface area contributed by atoms with Crippen molar-refractivity contribution in [1.82, 2.24) is 0 Å². The largest absolute Gasteiger partial charge is 0.468 e. The Hall–Kier alpha value is -1.40. The second kappa shape index (κ2) is 4.94. The van der Waals surface area contributed by atoms with Crippen LogP contribution in [0.2, 0.25) is 0 Å². The van der Waals surface area contributed by atoms with Crippen LogP contribution >= 0.6 is 0 Å². The molecular weight excluding hydrogens is 266 g/mol. The van der Waals surface area contributed by atoms with E-state index in [0.717, 1.165) is 31.2 Å². The van der Waals surface area contributed by atoms with Crippen LogP contribution in [0.5, 0.6) is 0 Å². The Balaban J connectivity index is 2.42. The zero-order chi connectivity index (χ0) is 14.1. The normalized spacial score (nSPS) is 18.2. The molecule has 1 aliphatic carbocycles. The molecule has 0 unspecified atom stereocenters.